The first kappa shape index (κ1) is 19.4. The summed E-state index contributed by atoms with van der Waals surface area (Å²) in [5, 5.41) is 6.80. The normalized spacial score (nSPS) is 16.6. The lowest BCUT2D eigenvalue weighted by atomic mass is 9.97. The Hall–Kier alpha value is -2.34. The van der Waals surface area contributed by atoms with Crippen LogP contribution in [0.25, 0.3) is 10.9 Å². The van der Waals surface area contributed by atoms with Crippen LogP contribution < -0.4 is 10.6 Å². The van der Waals surface area contributed by atoms with E-state index in [1.165, 1.54) is 18.6 Å². The molecule has 4 nitrogen and oxygen atoms in total. The lowest BCUT2D eigenvalue weighted by molar-refractivity contribution is 0.460. The van der Waals surface area contributed by atoms with Gasteiger partial charge in [0.25, 0.3) is 0 Å². The lowest BCUT2D eigenvalue weighted by Gasteiger charge is -2.18. The van der Waals surface area contributed by atoms with Crippen LogP contribution in [0.15, 0.2) is 41.4 Å². The maximum Gasteiger partial charge on any atom is 0.149 e. The van der Waals surface area contributed by atoms with Gasteiger partial charge in [-0.3, -0.25) is 9.98 Å². The second-order valence-electron chi connectivity index (χ2n) is 7.22. The first-order valence-corrected chi connectivity index (χ1v) is 9.44. The molecule has 1 saturated heterocycles. The molecular formula is C21H26F2N4. The third-order valence-electron chi connectivity index (χ3n) is 4.80. The number of benzene rings is 1. The van der Waals surface area contributed by atoms with Gasteiger partial charge in [0.05, 0.1) is 12.4 Å². The third-order valence-corrected chi connectivity index (χ3v) is 4.80. The average Bonchev–Trinajstić information content (AvgIpc) is 2.65. The zero-order valence-electron chi connectivity index (χ0n) is 15.8. The Kier molecular flexibility index (Phi) is 6.50. The van der Waals surface area contributed by atoms with E-state index in [1.807, 2.05) is 26.0 Å². The number of aliphatic imine (C=N–C) groups is 1. The summed E-state index contributed by atoms with van der Waals surface area (Å²) < 4.78 is 28.6. The van der Waals surface area contributed by atoms with Gasteiger partial charge in [0.2, 0.25) is 0 Å². The van der Waals surface area contributed by atoms with Crippen LogP contribution in [-0.4, -0.2) is 30.5 Å². The van der Waals surface area contributed by atoms with E-state index >= 15 is 0 Å². The van der Waals surface area contributed by atoms with Crippen LogP contribution >= 0.6 is 0 Å². The van der Waals surface area contributed by atoms with Gasteiger partial charge >= 0.3 is 0 Å². The Morgan fingerprint density at radius 1 is 1.37 bits per heavy atom. The number of hydrogen-bond acceptors (Lipinski definition) is 3. The number of fused-ring (bicyclic) bond motifs is 1. The molecule has 3 rings (SSSR count). The summed E-state index contributed by atoms with van der Waals surface area (Å²) in [5.74, 6) is -0.558. The van der Waals surface area contributed by atoms with Gasteiger partial charge in [0.1, 0.15) is 17.2 Å². The van der Waals surface area contributed by atoms with Crippen molar-refractivity contribution in [1.29, 1.82) is 0 Å². The van der Waals surface area contributed by atoms with Gasteiger partial charge in [-0.2, -0.15) is 0 Å². The summed E-state index contributed by atoms with van der Waals surface area (Å²) in [7, 11) is 0. The Labute approximate surface area is 158 Å². The number of halogens is 2. The number of aromatic nitrogens is 1. The minimum Gasteiger partial charge on any atom is -0.351 e. The lowest BCUT2D eigenvalue weighted by Crippen LogP contribution is -2.30. The SMILES string of the molecule is CC(C)c1ccnc2c(F)cc(C/C(F)=C\NC=NC3CCNCC3)cc12. The number of rotatable bonds is 6. The van der Waals surface area contributed by atoms with E-state index in [1.54, 1.807) is 6.20 Å². The zero-order valence-corrected chi connectivity index (χ0v) is 15.8. The van der Waals surface area contributed by atoms with Gasteiger partial charge in [0, 0.05) is 24.2 Å². The fourth-order valence-corrected chi connectivity index (χ4v) is 3.37. The maximum absolute atomic E-state index is 14.4. The molecule has 6 heteroatoms. The summed E-state index contributed by atoms with van der Waals surface area (Å²) in [6.07, 6.45) is 6.44. The maximum atomic E-state index is 14.4. The Balaban J connectivity index is 1.69. The summed E-state index contributed by atoms with van der Waals surface area (Å²) in [4.78, 5) is 8.52. The van der Waals surface area contributed by atoms with E-state index in [4.69, 9.17) is 0 Å². The molecule has 2 aromatic rings. The van der Waals surface area contributed by atoms with Crippen LogP contribution in [0.2, 0.25) is 0 Å². The first-order valence-electron chi connectivity index (χ1n) is 9.44. The number of nitrogens with one attached hydrogen (secondary N) is 2. The molecule has 2 N–H and O–H groups in total. The van der Waals surface area contributed by atoms with E-state index in [0.29, 0.717) is 11.1 Å². The molecule has 2 heterocycles. The monoisotopic (exact) mass is 372 g/mol. The molecule has 0 amide bonds. The second-order valence-corrected chi connectivity index (χ2v) is 7.22. The molecule has 1 fully saturated rings. The number of nitrogens with zero attached hydrogens (tertiary/aromatic N) is 2. The molecule has 0 bridgehead atoms. The van der Waals surface area contributed by atoms with E-state index in [2.05, 4.69) is 20.6 Å². The highest BCUT2D eigenvalue weighted by molar-refractivity contribution is 5.83. The molecular weight excluding hydrogens is 346 g/mol. The molecule has 0 spiro atoms. The molecule has 1 aromatic heterocycles. The van der Waals surface area contributed by atoms with E-state index in [-0.39, 0.29) is 24.2 Å². The summed E-state index contributed by atoms with van der Waals surface area (Å²) in [6.45, 7) is 6.02. The predicted molar refractivity (Wildman–Crippen MR) is 106 cm³/mol. The number of hydrogen-bond donors (Lipinski definition) is 2. The Morgan fingerprint density at radius 3 is 2.89 bits per heavy atom. The molecule has 0 saturated carbocycles. The minimum absolute atomic E-state index is 0.0213. The molecule has 144 valence electrons. The van der Waals surface area contributed by atoms with Crippen molar-refractivity contribution in [1.82, 2.24) is 15.6 Å². The predicted octanol–water partition coefficient (Wildman–Crippen LogP) is 4.22. The fraction of sp³-hybridized carbons (Fsp3) is 0.429. The minimum atomic E-state index is -0.418. The van der Waals surface area contributed by atoms with Crippen LogP contribution in [0.4, 0.5) is 8.78 Å². The van der Waals surface area contributed by atoms with Crippen molar-refractivity contribution in [3.8, 4) is 0 Å². The van der Waals surface area contributed by atoms with Gasteiger partial charge < -0.3 is 10.6 Å². The van der Waals surface area contributed by atoms with Gasteiger partial charge in [-0.15, -0.1) is 0 Å². The number of pyridine rings is 1. The van der Waals surface area contributed by atoms with E-state index in [0.717, 1.165) is 36.9 Å². The molecule has 1 aliphatic rings. The topological polar surface area (TPSA) is 49.3 Å². The van der Waals surface area contributed by atoms with Crippen molar-refractivity contribution < 1.29 is 8.78 Å². The van der Waals surface area contributed by atoms with Crippen molar-refractivity contribution in [2.45, 2.75) is 45.1 Å². The van der Waals surface area contributed by atoms with Gasteiger partial charge in [-0.05, 0) is 61.2 Å². The summed E-state index contributed by atoms with van der Waals surface area (Å²) in [5.41, 5.74) is 1.93. The molecule has 0 atom stereocenters. The molecule has 0 aliphatic carbocycles. The van der Waals surface area contributed by atoms with Crippen LogP contribution in [-0.2, 0) is 6.42 Å². The van der Waals surface area contributed by atoms with E-state index in [9.17, 15) is 8.78 Å². The van der Waals surface area contributed by atoms with Crippen molar-refractivity contribution in [2.75, 3.05) is 13.1 Å². The molecule has 1 aromatic carbocycles. The largest absolute Gasteiger partial charge is 0.351 e. The number of piperidine rings is 1. The molecule has 0 unspecified atom stereocenters. The average molecular weight is 372 g/mol. The van der Waals surface area contributed by atoms with Crippen molar-refractivity contribution in [2.24, 2.45) is 4.99 Å². The quantitative estimate of drug-likeness (QED) is 0.590. The number of allylic oxidation sites excluding steroid dienone is 1. The van der Waals surface area contributed by atoms with Crippen LogP contribution in [0, 0.1) is 5.82 Å². The highest BCUT2D eigenvalue weighted by Crippen LogP contribution is 2.27. The Morgan fingerprint density at radius 2 is 2.15 bits per heavy atom. The van der Waals surface area contributed by atoms with Crippen LogP contribution in [0.5, 0.6) is 0 Å². The molecule has 1 aliphatic heterocycles. The Bertz CT molecular complexity index is 839. The van der Waals surface area contributed by atoms with Gasteiger partial charge in [-0.25, -0.2) is 8.78 Å². The summed E-state index contributed by atoms with van der Waals surface area (Å²) >= 11 is 0. The van der Waals surface area contributed by atoms with Gasteiger partial charge in [-0.1, -0.05) is 13.8 Å². The van der Waals surface area contributed by atoms with Crippen molar-refractivity contribution in [3.05, 3.63) is 53.4 Å². The molecule has 0 radical (unpaired) electrons. The standard InChI is InChI=1S/C21H26F2N4/c1-14(2)18-5-8-26-21-19(18)10-15(11-20(21)23)9-16(22)12-25-13-27-17-3-6-24-7-4-17/h5,8,10-14,17,24H,3-4,6-7,9H2,1-2H3,(H,25,27)/b16-12+. The van der Waals surface area contributed by atoms with E-state index < -0.39 is 5.82 Å². The van der Waals surface area contributed by atoms with Crippen molar-refractivity contribution in [3.63, 3.8) is 0 Å². The smallest absolute Gasteiger partial charge is 0.149 e. The summed E-state index contributed by atoms with van der Waals surface area (Å²) in [6, 6.07) is 5.36. The fourth-order valence-electron chi connectivity index (χ4n) is 3.37. The highest BCUT2D eigenvalue weighted by atomic mass is 19.1. The first-order chi connectivity index (χ1) is 13.0. The second kappa shape index (κ2) is 9.04. The van der Waals surface area contributed by atoms with Gasteiger partial charge in [0.15, 0.2) is 0 Å². The third kappa shape index (κ3) is 5.10. The van der Waals surface area contributed by atoms with Crippen LogP contribution in [0.1, 0.15) is 43.7 Å². The van der Waals surface area contributed by atoms with Crippen molar-refractivity contribution >= 4 is 17.2 Å². The zero-order chi connectivity index (χ0) is 19.2. The highest BCUT2D eigenvalue weighted by Gasteiger charge is 2.12. The van der Waals surface area contributed by atoms with Crippen LogP contribution in [0.3, 0.4) is 0 Å². The molecule has 27 heavy (non-hydrogen) atoms.